The average Bonchev–Trinajstić information content (AvgIpc) is 3.43. The van der Waals surface area contributed by atoms with Gasteiger partial charge in [-0.25, -0.2) is 9.67 Å². The first-order valence-electron chi connectivity index (χ1n) is 8.60. The van der Waals surface area contributed by atoms with Gasteiger partial charge in [0.2, 0.25) is 5.91 Å². The fourth-order valence-electron chi connectivity index (χ4n) is 2.60. The van der Waals surface area contributed by atoms with Crippen LogP contribution in [0.5, 0.6) is 0 Å². The highest BCUT2D eigenvalue weighted by molar-refractivity contribution is 7.13. The lowest BCUT2D eigenvalue weighted by atomic mass is 10.1. The Morgan fingerprint density at radius 2 is 1.79 bits per heavy atom. The van der Waals surface area contributed by atoms with Crippen molar-refractivity contribution < 1.29 is 9.59 Å². The molecule has 0 fully saturated rings. The summed E-state index contributed by atoms with van der Waals surface area (Å²) in [5.74, 6) is -0.402. The molecule has 2 N–H and O–H groups in total. The number of thiazole rings is 1. The normalized spacial score (nSPS) is 10.5. The zero-order chi connectivity index (χ0) is 20.1. The summed E-state index contributed by atoms with van der Waals surface area (Å²) in [5, 5.41) is 18.9. The third-order valence-corrected chi connectivity index (χ3v) is 4.69. The van der Waals surface area contributed by atoms with Crippen LogP contribution in [0.3, 0.4) is 0 Å². The summed E-state index contributed by atoms with van der Waals surface area (Å²) < 4.78 is 1.54. The zero-order valence-electron chi connectivity index (χ0n) is 15.0. The van der Waals surface area contributed by atoms with Gasteiger partial charge in [0, 0.05) is 22.8 Å². The van der Waals surface area contributed by atoms with Gasteiger partial charge in [-0.3, -0.25) is 14.9 Å². The van der Waals surface area contributed by atoms with Crippen molar-refractivity contribution in [2.24, 2.45) is 0 Å². The average molecular weight is 405 g/mol. The van der Waals surface area contributed by atoms with Gasteiger partial charge >= 0.3 is 0 Å². The number of hydrogen-bond acceptors (Lipinski definition) is 7. The molecule has 9 nitrogen and oxygen atoms in total. The van der Waals surface area contributed by atoms with Gasteiger partial charge in [-0.1, -0.05) is 12.1 Å². The highest BCUT2D eigenvalue weighted by Gasteiger charge is 2.09. The van der Waals surface area contributed by atoms with Gasteiger partial charge in [-0.15, -0.1) is 16.4 Å². The van der Waals surface area contributed by atoms with E-state index in [2.05, 4.69) is 31.1 Å². The molecular weight excluding hydrogens is 390 g/mol. The minimum atomic E-state index is -0.250. The molecule has 0 saturated carbocycles. The molecule has 0 aliphatic carbocycles. The van der Waals surface area contributed by atoms with Crippen molar-refractivity contribution in [1.82, 2.24) is 25.2 Å². The fourth-order valence-corrected chi connectivity index (χ4v) is 3.12. The first-order valence-corrected chi connectivity index (χ1v) is 9.48. The number of rotatable bonds is 6. The number of hydrogen-bond donors (Lipinski definition) is 2. The van der Waals surface area contributed by atoms with E-state index >= 15 is 0 Å². The van der Waals surface area contributed by atoms with E-state index < -0.39 is 0 Å². The van der Waals surface area contributed by atoms with E-state index in [1.165, 1.54) is 22.3 Å². The Morgan fingerprint density at radius 1 is 1.00 bits per heavy atom. The van der Waals surface area contributed by atoms with Gasteiger partial charge in [0.05, 0.1) is 12.1 Å². The number of amides is 2. The number of nitrogens with one attached hydrogen (secondary N) is 2. The number of aromatic nitrogens is 5. The number of carbonyl (C=O) groups is 2. The van der Waals surface area contributed by atoms with Gasteiger partial charge < -0.3 is 5.32 Å². The Labute approximate surface area is 169 Å². The molecule has 4 rings (SSSR count). The molecule has 10 heteroatoms. The second kappa shape index (κ2) is 8.40. The van der Waals surface area contributed by atoms with Gasteiger partial charge in [-0.2, -0.15) is 0 Å². The third kappa shape index (κ3) is 4.68. The lowest BCUT2D eigenvalue weighted by Gasteiger charge is -2.07. The highest BCUT2D eigenvalue weighted by atomic mass is 32.1. The molecule has 4 aromatic rings. The van der Waals surface area contributed by atoms with E-state index in [1.54, 1.807) is 35.8 Å². The predicted octanol–water partition coefficient (Wildman–Crippen LogP) is 2.55. The van der Waals surface area contributed by atoms with Gasteiger partial charge in [0.25, 0.3) is 5.91 Å². The summed E-state index contributed by atoms with van der Waals surface area (Å²) in [5.41, 5.74) is 2.77. The highest BCUT2D eigenvalue weighted by Crippen LogP contribution is 2.15. The Kier molecular flexibility index (Phi) is 5.34. The quantitative estimate of drug-likeness (QED) is 0.509. The van der Waals surface area contributed by atoms with Crippen molar-refractivity contribution in [2.45, 2.75) is 6.42 Å². The number of tetrazole rings is 1. The molecule has 0 aliphatic heterocycles. The molecule has 2 amide bonds. The van der Waals surface area contributed by atoms with E-state index in [9.17, 15) is 9.59 Å². The van der Waals surface area contributed by atoms with Crippen LogP contribution in [0.2, 0.25) is 0 Å². The first kappa shape index (κ1) is 18.4. The van der Waals surface area contributed by atoms with E-state index in [0.717, 1.165) is 11.3 Å². The smallest absolute Gasteiger partial charge is 0.257 e. The molecule has 0 atom stereocenters. The SMILES string of the molecule is O=C(Cc1ccc(-n2cnnn2)cc1)Nc1ccc(C(=O)Nc2nccs2)cc1. The molecule has 0 spiro atoms. The van der Waals surface area contributed by atoms with Crippen molar-refractivity contribution in [3.05, 3.63) is 77.6 Å². The molecular formula is C19H15N7O2S. The Balaban J connectivity index is 1.33. The number of benzene rings is 2. The molecule has 2 aromatic heterocycles. The van der Waals surface area contributed by atoms with Crippen molar-refractivity contribution in [1.29, 1.82) is 0 Å². The summed E-state index contributed by atoms with van der Waals surface area (Å²) in [6.45, 7) is 0. The maximum Gasteiger partial charge on any atom is 0.257 e. The second-order valence-corrected chi connectivity index (χ2v) is 6.91. The molecule has 0 radical (unpaired) electrons. The zero-order valence-corrected chi connectivity index (χ0v) is 15.8. The van der Waals surface area contributed by atoms with Crippen LogP contribution >= 0.6 is 11.3 Å². The van der Waals surface area contributed by atoms with Crippen molar-refractivity contribution >= 4 is 34.0 Å². The molecule has 144 valence electrons. The monoisotopic (exact) mass is 405 g/mol. The summed E-state index contributed by atoms with van der Waals surface area (Å²) in [6.07, 6.45) is 3.35. The van der Waals surface area contributed by atoms with Gasteiger partial charge in [-0.05, 0) is 52.4 Å². The van der Waals surface area contributed by atoms with Crippen molar-refractivity contribution in [2.75, 3.05) is 10.6 Å². The van der Waals surface area contributed by atoms with E-state index in [-0.39, 0.29) is 18.2 Å². The largest absolute Gasteiger partial charge is 0.326 e. The second-order valence-electron chi connectivity index (χ2n) is 6.01. The maximum absolute atomic E-state index is 12.3. The Bertz CT molecular complexity index is 1090. The minimum absolute atomic E-state index is 0.153. The Morgan fingerprint density at radius 3 is 2.45 bits per heavy atom. The predicted molar refractivity (Wildman–Crippen MR) is 108 cm³/mol. The number of anilines is 2. The lowest BCUT2D eigenvalue weighted by Crippen LogP contribution is -2.15. The lowest BCUT2D eigenvalue weighted by molar-refractivity contribution is -0.115. The minimum Gasteiger partial charge on any atom is -0.326 e. The molecule has 29 heavy (non-hydrogen) atoms. The maximum atomic E-state index is 12.3. The van der Waals surface area contributed by atoms with E-state index in [0.29, 0.717) is 16.4 Å². The standard InChI is InChI=1S/C19H15N7O2S/c27-17(11-13-1-7-16(8-2-13)26-12-21-24-25-26)22-15-5-3-14(4-6-15)18(28)23-19-20-9-10-29-19/h1-10,12H,11H2,(H,22,27)(H,20,23,28). The first-order chi connectivity index (χ1) is 14.2. The summed E-state index contributed by atoms with van der Waals surface area (Å²) >= 11 is 1.35. The summed E-state index contributed by atoms with van der Waals surface area (Å²) in [6, 6.07) is 14.1. The molecule has 0 bridgehead atoms. The van der Waals surface area contributed by atoms with E-state index in [1.807, 2.05) is 24.3 Å². The van der Waals surface area contributed by atoms with Crippen LogP contribution in [0.1, 0.15) is 15.9 Å². The van der Waals surface area contributed by atoms with Gasteiger partial charge in [0.15, 0.2) is 5.13 Å². The molecule has 2 heterocycles. The molecule has 0 saturated heterocycles. The van der Waals surface area contributed by atoms with Crippen LogP contribution in [-0.2, 0) is 11.2 Å². The van der Waals surface area contributed by atoms with Crippen LogP contribution in [0, 0.1) is 0 Å². The van der Waals surface area contributed by atoms with E-state index in [4.69, 9.17) is 0 Å². The summed E-state index contributed by atoms with van der Waals surface area (Å²) in [4.78, 5) is 28.5. The number of carbonyl (C=O) groups excluding carboxylic acids is 2. The Hall–Kier alpha value is -3.92. The van der Waals surface area contributed by atoms with Crippen LogP contribution in [0.4, 0.5) is 10.8 Å². The fraction of sp³-hybridized carbons (Fsp3) is 0.0526. The molecule has 0 aliphatic rings. The third-order valence-electron chi connectivity index (χ3n) is 4.00. The van der Waals surface area contributed by atoms with Crippen molar-refractivity contribution in [3.8, 4) is 5.69 Å². The van der Waals surface area contributed by atoms with Gasteiger partial charge in [0.1, 0.15) is 6.33 Å². The molecule has 0 unspecified atom stereocenters. The van der Waals surface area contributed by atoms with Crippen LogP contribution < -0.4 is 10.6 Å². The van der Waals surface area contributed by atoms with Crippen LogP contribution in [0.15, 0.2) is 66.4 Å². The number of nitrogens with zero attached hydrogens (tertiary/aromatic N) is 5. The topological polar surface area (TPSA) is 115 Å². The van der Waals surface area contributed by atoms with Crippen molar-refractivity contribution in [3.63, 3.8) is 0 Å². The van der Waals surface area contributed by atoms with Crippen LogP contribution in [-0.4, -0.2) is 37.0 Å². The molecule has 2 aromatic carbocycles. The van der Waals surface area contributed by atoms with Crippen LogP contribution in [0.25, 0.3) is 5.69 Å². The summed E-state index contributed by atoms with van der Waals surface area (Å²) in [7, 11) is 0.